The Bertz CT molecular complexity index is 1100. The highest BCUT2D eigenvalue weighted by Crippen LogP contribution is 2.35. The van der Waals surface area contributed by atoms with Crippen LogP contribution in [0.25, 0.3) is 0 Å². The van der Waals surface area contributed by atoms with Crippen LogP contribution in [0.5, 0.6) is 5.75 Å². The van der Waals surface area contributed by atoms with Gasteiger partial charge in [0.25, 0.3) is 5.91 Å². The van der Waals surface area contributed by atoms with E-state index in [0.29, 0.717) is 17.4 Å². The summed E-state index contributed by atoms with van der Waals surface area (Å²) in [5.74, 6) is -2.68. The van der Waals surface area contributed by atoms with Crippen molar-refractivity contribution in [3.05, 3.63) is 35.2 Å². The minimum Gasteiger partial charge on any atom is -0.406 e. The monoisotopic (exact) mass is 480 g/mol. The van der Waals surface area contributed by atoms with Crippen molar-refractivity contribution in [1.29, 1.82) is 0 Å². The maximum atomic E-state index is 13.0. The highest BCUT2D eigenvalue weighted by atomic mass is 32.2. The molecule has 0 saturated heterocycles. The molecular weight excluding hydrogens is 461 g/mol. The van der Waals surface area contributed by atoms with Crippen LogP contribution in [0.2, 0.25) is 0 Å². The number of benzene rings is 1. The number of hydrogen-bond acceptors (Lipinski definition) is 7. The van der Waals surface area contributed by atoms with Crippen molar-refractivity contribution in [1.82, 2.24) is 0 Å². The van der Waals surface area contributed by atoms with Crippen molar-refractivity contribution in [2.75, 3.05) is 5.32 Å². The van der Waals surface area contributed by atoms with Crippen LogP contribution in [0, 0.1) is 5.41 Å². The maximum absolute atomic E-state index is 13.0. The number of rotatable bonds is 6. The summed E-state index contributed by atoms with van der Waals surface area (Å²) >= 11 is 0.670. The first-order valence-electron chi connectivity index (χ1n) is 8.54. The molecule has 0 spiro atoms. The van der Waals surface area contributed by atoms with Crippen LogP contribution in [0.3, 0.4) is 0 Å². The molecule has 1 atom stereocenters. The summed E-state index contributed by atoms with van der Waals surface area (Å²) in [5.41, 5.74) is 3.57. The fourth-order valence-electron chi connectivity index (χ4n) is 2.33. The summed E-state index contributed by atoms with van der Waals surface area (Å²) in [6.07, 6.45) is -6.66. The van der Waals surface area contributed by atoms with Gasteiger partial charge in [0.15, 0.2) is 0 Å². The smallest absolute Gasteiger partial charge is 0.406 e. The molecule has 4 N–H and O–H groups in total. The summed E-state index contributed by atoms with van der Waals surface area (Å²) < 4.78 is 67.3. The molecule has 2 aromatic rings. The van der Waals surface area contributed by atoms with Crippen molar-refractivity contribution < 1.29 is 41.0 Å². The third-order valence-electron chi connectivity index (χ3n) is 3.93. The lowest BCUT2D eigenvalue weighted by atomic mass is 9.88. The predicted molar refractivity (Wildman–Crippen MR) is 106 cm³/mol. The van der Waals surface area contributed by atoms with E-state index in [2.05, 4.69) is 10.1 Å². The van der Waals surface area contributed by atoms with E-state index < -0.39 is 55.9 Å². The number of halogens is 3. The zero-order valence-corrected chi connectivity index (χ0v) is 18.1. The summed E-state index contributed by atoms with van der Waals surface area (Å²) in [4.78, 5) is 23.1. The van der Waals surface area contributed by atoms with E-state index in [1.54, 1.807) is 0 Å². The fourth-order valence-corrected chi connectivity index (χ4v) is 5.02. The Morgan fingerprint density at radius 2 is 1.81 bits per heavy atom. The van der Waals surface area contributed by atoms with Crippen LogP contribution in [0.4, 0.5) is 18.9 Å². The average Bonchev–Trinajstić information content (AvgIpc) is 3.10. The average molecular weight is 480 g/mol. The molecule has 0 fully saturated rings. The highest BCUT2D eigenvalue weighted by Gasteiger charge is 2.34. The number of ether oxygens (including phenoxy) is 1. The van der Waals surface area contributed by atoms with Gasteiger partial charge in [0.1, 0.15) is 16.1 Å². The first-order chi connectivity index (χ1) is 14.0. The quantitative estimate of drug-likeness (QED) is 0.582. The molecule has 0 aliphatic rings. The van der Waals surface area contributed by atoms with Crippen LogP contribution >= 0.6 is 11.3 Å². The molecule has 1 unspecified atom stereocenters. The number of carbonyl (C=O) groups is 2. The van der Waals surface area contributed by atoms with E-state index in [-0.39, 0.29) is 9.77 Å². The lowest BCUT2D eigenvalue weighted by Crippen LogP contribution is -2.38. The summed E-state index contributed by atoms with van der Waals surface area (Å²) in [6.45, 7) is 4.61. The first kappa shape index (κ1) is 24.6. The largest absolute Gasteiger partial charge is 0.573 e. The van der Waals surface area contributed by atoms with Crippen molar-refractivity contribution >= 4 is 38.7 Å². The van der Waals surface area contributed by atoms with E-state index in [9.17, 15) is 36.3 Å². The molecule has 170 valence electrons. The number of carbonyl (C=O) groups excluding carboxylic acids is 2. The van der Waals surface area contributed by atoms with Gasteiger partial charge in [-0.1, -0.05) is 20.8 Å². The number of hydrogen-bond donors (Lipinski definition) is 3. The number of thiophene rings is 1. The second-order valence-electron chi connectivity index (χ2n) is 7.49. The molecule has 0 aliphatic heterocycles. The van der Waals surface area contributed by atoms with Gasteiger partial charge in [-0.3, -0.25) is 9.59 Å². The molecule has 1 aromatic carbocycles. The third kappa shape index (κ3) is 5.95. The predicted octanol–water partition coefficient (Wildman–Crippen LogP) is 2.92. The number of nitrogens with one attached hydrogen (secondary N) is 1. The minimum atomic E-state index is -5.06. The molecule has 0 bridgehead atoms. The van der Waals surface area contributed by atoms with Gasteiger partial charge in [-0.25, -0.2) is 8.42 Å². The second-order valence-corrected chi connectivity index (χ2v) is 10.5. The molecule has 13 heteroatoms. The summed E-state index contributed by atoms with van der Waals surface area (Å²) in [7, 11) is -4.37. The lowest BCUT2D eigenvalue weighted by Gasteiger charge is -2.25. The number of anilines is 1. The molecule has 31 heavy (non-hydrogen) atoms. The standard InChI is InChI=1S/C18H19F3N2O6S2/c1-17(2,3)14(24)16(26)23-11-7-10(29-18(19,20)21)4-5-12(11)31(27,28)13-6-9(8-30-13)15(22)25/h4-8,14,24H,1-3H3,(H2,22,25)(H,23,26). The van der Waals surface area contributed by atoms with Gasteiger partial charge < -0.3 is 20.9 Å². The zero-order valence-electron chi connectivity index (χ0n) is 16.5. The van der Waals surface area contributed by atoms with Crippen LogP contribution in [-0.4, -0.2) is 37.8 Å². The normalized spacial score (nSPS) is 13.5. The third-order valence-corrected chi connectivity index (χ3v) is 7.18. The molecule has 1 aromatic heterocycles. The van der Waals surface area contributed by atoms with Gasteiger partial charge in [-0.2, -0.15) is 0 Å². The van der Waals surface area contributed by atoms with Crippen molar-refractivity contribution in [2.24, 2.45) is 11.1 Å². The molecule has 2 amide bonds. The van der Waals surface area contributed by atoms with E-state index in [4.69, 9.17) is 5.73 Å². The Morgan fingerprint density at radius 1 is 1.19 bits per heavy atom. The second kappa shape index (κ2) is 8.48. The number of nitrogens with two attached hydrogens (primary N) is 1. The lowest BCUT2D eigenvalue weighted by molar-refractivity contribution is -0.274. The number of primary amides is 1. The molecule has 0 aliphatic carbocycles. The van der Waals surface area contributed by atoms with E-state index in [1.165, 1.54) is 26.2 Å². The van der Waals surface area contributed by atoms with Crippen molar-refractivity contribution in [3.8, 4) is 5.75 Å². The topological polar surface area (TPSA) is 136 Å². The fraction of sp³-hybridized carbons (Fsp3) is 0.333. The number of alkyl halides is 3. The maximum Gasteiger partial charge on any atom is 0.573 e. The Hall–Kier alpha value is -2.64. The molecule has 0 saturated carbocycles. The molecule has 2 rings (SSSR count). The number of aliphatic hydroxyl groups is 1. The van der Waals surface area contributed by atoms with E-state index >= 15 is 0 Å². The van der Waals surface area contributed by atoms with Gasteiger partial charge in [-0.15, -0.1) is 24.5 Å². The Kier molecular flexibility index (Phi) is 6.73. The van der Waals surface area contributed by atoms with Crippen LogP contribution in [-0.2, 0) is 14.6 Å². The van der Waals surface area contributed by atoms with Crippen LogP contribution < -0.4 is 15.8 Å². The van der Waals surface area contributed by atoms with Crippen LogP contribution in [0.15, 0.2) is 38.8 Å². The first-order valence-corrected chi connectivity index (χ1v) is 10.9. The Labute approximate surface area is 179 Å². The summed E-state index contributed by atoms with van der Waals surface area (Å²) in [5, 5.41) is 13.5. The molecule has 1 heterocycles. The Morgan fingerprint density at radius 3 is 2.29 bits per heavy atom. The van der Waals surface area contributed by atoms with Gasteiger partial charge in [0, 0.05) is 11.4 Å². The number of sulfone groups is 1. The van der Waals surface area contributed by atoms with Gasteiger partial charge in [0.05, 0.1) is 16.1 Å². The SMILES string of the molecule is CC(C)(C)C(O)C(=O)Nc1cc(OC(F)(F)F)ccc1S(=O)(=O)c1cc(C(N)=O)cs1. The van der Waals surface area contributed by atoms with E-state index in [1.807, 2.05) is 0 Å². The zero-order chi connectivity index (χ0) is 23.8. The number of aliphatic hydroxyl groups excluding tert-OH is 1. The van der Waals surface area contributed by atoms with Gasteiger partial charge >= 0.3 is 6.36 Å². The summed E-state index contributed by atoms with van der Waals surface area (Å²) in [6, 6.07) is 3.27. The minimum absolute atomic E-state index is 0.0747. The molecule has 8 nitrogen and oxygen atoms in total. The molecular formula is C18H19F3N2O6S2. The van der Waals surface area contributed by atoms with Gasteiger partial charge in [-0.05, 0) is 23.6 Å². The van der Waals surface area contributed by atoms with Crippen molar-refractivity contribution in [3.63, 3.8) is 0 Å². The van der Waals surface area contributed by atoms with Crippen molar-refractivity contribution in [2.45, 2.75) is 42.3 Å². The van der Waals surface area contributed by atoms with E-state index in [0.717, 1.165) is 18.2 Å². The number of amides is 2. The Balaban J connectivity index is 2.57. The van der Waals surface area contributed by atoms with Gasteiger partial charge in [0.2, 0.25) is 15.7 Å². The van der Waals surface area contributed by atoms with Crippen LogP contribution in [0.1, 0.15) is 31.1 Å². The highest BCUT2D eigenvalue weighted by molar-refractivity contribution is 7.93. The molecule has 0 radical (unpaired) electrons.